The van der Waals surface area contributed by atoms with E-state index in [1.165, 1.54) is 0 Å². The van der Waals surface area contributed by atoms with Gasteiger partial charge in [-0.2, -0.15) is 0 Å². The average Bonchev–Trinajstić information content (AvgIpc) is 3.11. The van der Waals surface area contributed by atoms with Crippen LogP contribution < -0.4 is 5.32 Å². The Morgan fingerprint density at radius 2 is 2.41 bits per heavy atom. The quantitative estimate of drug-likeness (QED) is 0.905. The Bertz CT molecular complexity index is 705. The molecule has 1 saturated heterocycles. The van der Waals surface area contributed by atoms with Crippen LogP contribution in [0.15, 0.2) is 16.7 Å². The van der Waals surface area contributed by atoms with Crippen LogP contribution in [0.1, 0.15) is 41.5 Å². The van der Waals surface area contributed by atoms with Gasteiger partial charge in [0.05, 0.1) is 11.8 Å². The van der Waals surface area contributed by atoms with Crippen molar-refractivity contribution in [1.82, 2.24) is 14.7 Å². The molecule has 118 valence electrons. The first-order chi connectivity index (χ1) is 10.6. The molecule has 2 aromatic rings. The Morgan fingerprint density at radius 3 is 3.09 bits per heavy atom. The van der Waals surface area contributed by atoms with Crippen LogP contribution in [0.3, 0.4) is 0 Å². The van der Waals surface area contributed by atoms with E-state index in [2.05, 4.69) is 26.2 Å². The molecule has 5 nitrogen and oxygen atoms in total. The van der Waals surface area contributed by atoms with Gasteiger partial charge in [0.1, 0.15) is 11.3 Å². The normalized spacial score (nSPS) is 18.0. The number of pyridine rings is 1. The van der Waals surface area contributed by atoms with Crippen LogP contribution in [-0.4, -0.2) is 34.5 Å². The van der Waals surface area contributed by atoms with Gasteiger partial charge in [-0.3, -0.25) is 9.20 Å². The highest BCUT2D eigenvalue weighted by Gasteiger charge is 2.22. The second-order valence-corrected chi connectivity index (χ2v) is 6.56. The monoisotopic (exact) mass is 365 g/mol. The Balaban J connectivity index is 1.92. The highest BCUT2D eigenvalue weighted by molar-refractivity contribution is 9.10. The summed E-state index contributed by atoms with van der Waals surface area (Å²) >= 11 is 3.49. The second kappa shape index (κ2) is 6.38. The van der Waals surface area contributed by atoms with Gasteiger partial charge < -0.3 is 10.1 Å². The summed E-state index contributed by atoms with van der Waals surface area (Å²) in [6.45, 7) is 5.37. The molecule has 0 aromatic carbocycles. The average molecular weight is 366 g/mol. The van der Waals surface area contributed by atoms with E-state index in [1.807, 2.05) is 30.5 Å². The maximum absolute atomic E-state index is 12.6. The zero-order valence-corrected chi connectivity index (χ0v) is 14.4. The van der Waals surface area contributed by atoms with Gasteiger partial charge in [-0.05, 0) is 53.7 Å². The lowest BCUT2D eigenvalue weighted by Crippen LogP contribution is -2.33. The Kier molecular flexibility index (Phi) is 4.49. The minimum Gasteiger partial charge on any atom is -0.376 e. The maximum atomic E-state index is 12.6. The molecule has 6 heteroatoms. The molecule has 1 amide bonds. The molecular weight excluding hydrogens is 346 g/mol. The van der Waals surface area contributed by atoms with Crippen molar-refractivity contribution in [2.75, 3.05) is 13.2 Å². The number of aryl methyl sites for hydroxylation is 2. The van der Waals surface area contributed by atoms with E-state index < -0.39 is 0 Å². The van der Waals surface area contributed by atoms with Gasteiger partial charge in [0.15, 0.2) is 0 Å². The molecule has 0 radical (unpaired) electrons. The number of hydrogen-bond donors (Lipinski definition) is 1. The first kappa shape index (κ1) is 15.5. The Hall–Kier alpha value is -1.40. The Labute approximate surface area is 138 Å². The molecule has 3 heterocycles. The molecule has 0 aliphatic carbocycles. The lowest BCUT2D eigenvalue weighted by atomic mass is 10.2. The highest BCUT2D eigenvalue weighted by atomic mass is 79.9. The number of carbonyl (C=O) groups is 1. The van der Waals surface area contributed by atoms with Crippen molar-refractivity contribution in [3.8, 4) is 0 Å². The van der Waals surface area contributed by atoms with Gasteiger partial charge in [-0.25, -0.2) is 4.98 Å². The fourth-order valence-corrected chi connectivity index (χ4v) is 3.45. The van der Waals surface area contributed by atoms with Crippen molar-refractivity contribution in [1.29, 1.82) is 0 Å². The van der Waals surface area contributed by atoms with Crippen LogP contribution >= 0.6 is 15.9 Å². The third kappa shape index (κ3) is 2.90. The van der Waals surface area contributed by atoms with Crippen molar-refractivity contribution in [3.63, 3.8) is 0 Å². The first-order valence-corrected chi connectivity index (χ1v) is 8.46. The molecule has 1 N–H and O–H groups in total. The number of nitrogens with zero attached hydrogens (tertiary/aromatic N) is 2. The largest absolute Gasteiger partial charge is 0.376 e. The number of nitrogens with one attached hydrogen (secondary N) is 1. The summed E-state index contributed by atoms with van der Waals surface area (Å²) in [6.07, 6.45) is 4.85. The number of carbonyl (C=O) groups excluding carboxylic acids is 1. The van der Waals surface area contributed by atoms with Crippen molar-refractivity contribution in [2.45, 2.75) is 39.2 Å². The van der Waals surface area contributed by atoms with Crippen molar-refractivity contribution in [2.24, 2.45) is 0 Å². The standard InChI is InChI=1S/C16H20BrN3O2/c1-3-13-14(16(21)18-8-12-5-4-6-22-12)20-9-11(17)7-10(2)15(20)19-13/h7,9,12H,3-6,8H2,1-2H3,(H,18,21). The topological polar surface area (TPSA) is 55.6 Å². The predicted octanol–water partition coefficient (Wildman–Crippen LogP) is 2.88. The molecule has 1 aliphatic rings. The van der Waals surface area contributed by atoms with E-state index in [0.717, 1.165) is 47.2 Å². The number of hydrogen-bond acceptors (Lipinski definition) is 3. The van der Waals surface area contributed by atoms with Gasteiger partial charge in [-0.1, -0.05) is 6.92 Å². The van der Waals surface area contributed by atoms with Crippen LogP contribution in [0.5, 0.6) is 0 Å². The van der Waals surface area contributed by atoms with Crippen molar-refractivity contribution in [3.05, 3.63) is 33.7 Å². The summed E-state index contributed by atoms with van der Waals surface area (Å²) in [4.78, 5) is 17.3. The number of fused-ring (bicyclic) bond motifs is 1. The van der Waals surface area contributed by atoms with Crippen LogP contribution in [0.2, 0.25) is 0 Å². The molecule has 1 aliphatic heterocycles. The molecule has 3 rings (SSSR count). The van der Waals surface area contributed by atoms with E-state index >= 15 is 0 Å². The van der Waals surface area contributed by atoms with Crippen LogP contribution in [0.4, 0.5) is 0 Å². The predicted molar refractivity (Wildman–Crippen MR) is 88.3 cm³/mol. The van der Waals surface area contributed by atoms with Crippen molar-refractivity contribution >= 4 is 27.5 Å². The van der Waals surface area contributed by atoms with Crippen LogP contribution in [-0.2, 0) is 11.2 Å². The lowest BCUT2D eigenvalue weighted by Gasteiger charge is -2.11. The molecule has 0 saturated carbocycles. The molecule has 0 bridgehead atoms. The van der Waals surface area contributed by atoms with Crippen LogP contribution in [0.25, 0.3) is 5.65 Å². The Morgan fingerprint density at radius 1 is 1.59 bits per heavy atom. The minimum atomic E-state index is -0.0858. The summed E-state index contributed by atoms with van der Waals surface area (Å²) in [5, 5.41) is 2.99. The fraction of sp³-hybridized carbons (Fsp3) is 0.500. The minimum absolute atomic E-state index is 0.0858. The summed E-state index contributed by atoms with van der Waals surface area (Å²) < 4.78 is 8.37. The number of rotatable bonds is 4. The molecule has 1 atom stereocenters. The SMILES string of the molecule is CCc1nc2c(C)cc(Br)cn2c1C(=O)NCC1CCCO1. The summed E-state index contributed by atoms with van der Waals surface area (Å²) in [5.41, 5.74) is 3.33. The molecule has 2 aromatic heterocycles. The zero-order valence-electron chi connectivity index (χ0n) is 12.9. The van der Waals surface area contributed by atoms with E-state index in [1.54, 1.807) is 0 Å². The lowest BCUT2D eigenvalue weighted by molar-refractivity contribution is 0.0852. The van der Waals surface area contributed by atoms with Gasteiger partial charge >= 0.3 is 0 Å². The smallest absolute Gasteiger partial charge is 0.270 e. The molecule has 1 fully saturated rings. The number of ether oxygens (including phenoxy) is 1. The summed E-state index contributed by atoms with van der Waals surface area (Å²) in [7, 11) is 0. The van der Waals surface area contributed by atoms with E-state index in [0.29, 0.717) is 12.2 Å². The van der Waals surface area contributed by atoms with Gasteiger partial charge in [0.2, 0.25) is 0 Å². The highest BCUT2D eigenvalue weighted by Crippen LogP contribution is 2.21. The molecule has 22 heavy (non-hydrogen) atoms. The second-order valence-electron chi connectivity index (χ2n) is 5.64. The number of amides is 1. The number of aromatic nitrogens is 2. The molecule has 0 spiro atoms. The summed E-state index contributed by atoms with van der Waals surface area (Å²) in [5.74, 6) is -0.0858. The first-order valence-electron chi connectivity index (χ1n) is 7.67. The maximum Gasteiger partial charge on any atom is 0.270 e. The van der Waals surface area contributed by atoms with E-state index in [4.69, 9.17) is 4.74 Å². The van der Waals surface area contributed by atoms with E-state index in [9.17, 15) is 4.79 Å². The van der Waals surface area contributed by atoms with E-state index in [-0.39, 0.29) is 12.0 Å². The van der Waals surface area contributed by atoms with Gasteiger partial charge in [-0.15, -0.1) is 0 Å². The molecule has 1 unspecified atom stereocenters. The summed E-state index contributed by atoms with van der Waals surface area (Å²) in [6, 6.07) is 2.01. The zero-order chi connectivity index (χ0) is 15.7. The number of halogens is 1. The van der Waals surface area contributed by atoms with Crippen molar-refractivity contribution < 1.29 is 9.53 Å². The van der Waals surface area contributed by atoms with Gasteiger partial charge in [0.25, 0.3) is 5.91 Å². The fourth-order valence-electron chi connectivity index (χ4n) is 2.90. The van der Waals surface area contributed by atoms with Crippen LogP contribution in [0, 0.1) is 6.92 Å². The van der Waals surface area contributed by atoms with Gasteiger partial charge in [0, 0.05) is 23.8 Å². The third-order valence-corrected chi connectivity index (χ3v) is 4.44. The third-order valence-electron chi connectivity index (χ3n) is 4.01. The number of imidazole rings is 1. The molecular formula is C16H20BrN3O2.